The molecule has 0 aromatic rings. The summed E-state index contributed by atoms with van der Waals surface area (Å²) in [7, 11) is 0. The van der Waals surface area contributed by atoms with E-state index in [1.807, 2.05) is 6.92 Å². The summed E-state index contributed by atoms with van der Waals surface area (Å²) in [5, 5.41) is 3.51. The Kier molecular flexibility index (Phi) is 7.83. The van der Waals surface area contributed by atoms with Crippen molar-refractivity contribution in [3.63, 3.8) is 0 Å². The molecule has 2 fully saturated rings. The van der Waals surface area contributed by atoms with Crippen LogP contribution in [0.3, 0.4) is 0 Å². The van der Waals surface area contributed by atoms with E-state index in [-0.39, 0.29) is 0 Å². The second kappa shape index (κ2) is 9.68. The number of nitrogens with zero attached hydrogens (tertiary/aromatic N) is 2. The van der Waals surface area contributed by atoms with Gasteiger partial charge in [0.05, 0.1) is 13.2 Å². The largest absolute Gasteiger partial charge is 0.382 e. The van der Waals surface area contributed by atoms with Gasteiger partial charge in [0, 0.05) is 52.0 Å². The molecule has 0 spiro atoms. The maximum atomic E-state index is 5.43. The highest BCUT2D eigenvalue weighted by atomic mass is 16.5. The Balaban J connectivity index is 1.48. The van der Waals surface area contributed by atoms with Gasteiger partial charge in [-0.1, -0.05) is 0 Å². The molecule has 1 unspecified atom stereocenters. The summed E-state index contributed by atoms with van der Waals surface area (Å²) in [6, 6.07) is 0.761. The summed E-state index contributed by atoms with van der Waals surface area (Å²) in [5.41, 5.74) is 0. The maximum Gasteiger partial charge on any atom is 0.0594 e. The lowest BCUT2D eigenvalue weighted by molar-refractivity contribution is 0.0185. The van der Waals surface area contributed by atoms with E-state index < -0.39 is 0 Å². The highest BCUT2D eigenvalue weighted by molar-refractivity contribution is 4.84. The molecule has 2 heterocycles. The lowest BCUT2D eigenvalue weighted by atomic mass is 10.2. The Morgan fingerprint density at radius 2 is 2.05 bits per heavy atom. The van der Waals surface area contributed by atoms with E-state index in [9.17, 15) is 0 Å². The number of ether oxygens (including phenoxy) is 2. The van der Waals surface area contributed by atoms with Gasteiger partial charge in [-0.15, -0.1) is 0 Å². The highest BCUT2D eigenvalue weighted by Gasteiger charge is 2.28. The Morgan fingerprint density at radius 1 is 1.20 bits per heavy atom. The fraction of sp³-hybridized carbons (Fsp3) is 1.00. The molecule has 1 atom stereocenters. The third-order valence-corrected chi connectivity index (χ3v) is 4.26. The van der Waals surface area contributed by atoms with E-state index >= 15 is 0 Å². The van der Waals surface area contributed by atoms with E-state index in [2.05, 4.69) is 15.1 Å². The second-order valence-electron chi connectivity index (χ2n) is 5.69. The van der Waals surface area contributed by atoms with Crippen LogP contribution in [0.5, 0.6) is 0 Å². The molecule has 118 valence electrons. The number of hydrogen-bond donors (Lipinski definition) is 1. The average molecular weight is 285 g/mol. The van der Waals surface area contributed by atoms with Crippen molar-refractivity contribution >= 4 is 0 Å². The van der Waals surface area contributed by atoms with Gasteiger partial charge < -0.3 is 19.7 Å². The number of likely N-dealkylation sites (tertiary alicyclic amines) is 1. The van der Waals surface area contributed by atoms with Gasteiger partial charge in [0.25, 0.3) is 0 Å². The van der Waals surface area contributed by atoms with Crippen LogP contribution in [0.1, 0.15) is 19.8 Å². The summed E-state index contributed by atoms with van der Waals surface area (Å²) in [5.74, 6) is 0. The van der Waals surface area contributed by atoms with E-state index in [1.165, 1.54) is 26.1 Å². The first-order valence-electron chi connectivity index (χ1n) is 8.22. The van der Waals surface area contributed by atoms with Crippen molar-refractivity contribution in [2.75, 3.05) is 72.2 Å². The van der Waals surface area contributed by atoms with Crippen molar-refractivity contribution in [2.45, 2.75) is 25.8 Å². The molecular formula is C15H31N3O2. The zero-order valence-electron chi connectivity index (χ0n) is 13.0. The SMILES string of the molecule is CCOCCCNCCN1CCC(N2CCOCC2)C1. The molecule has 2 saturated heterocycles. The Bertz CT molecular complexity index is 247. The van der Waals surface area contributed by atoms with Gasteiger partial charge in [-0.2, -0.15) is 0 Å². The summed E-state index contributed by atoms with van der Waals surface area (Å²) < 4.78 is 10.8. The smallest absolute Gasteiger partial charge is 0.0594 e. The van der Waals surface area contributed by atoms with Gasteiger partial charge in [0.1, 0.15) is 0 Å². The van der Waals surface area contributed by atoms with Gasteiger partial charge in [0.2, 0.25) is 0 Å². The Labute approximate surface area is 123 Å². The third kappa shape index (κ3) is 5.66. The average Bonchev–Trinajstić information content (AvgIpc) is 2.96. The van der Waals surface area contributed by atoms with Crippen molar-refractivity contribution in [1.82, 2.24) is 15.1 Å². The van der Waals surface area contributed by atoms with Crippen molar-refractivity contribution in [3.8, 4) is 0 Å². The quantitative estimate of drug-likeness (QED) is 0.621. The lowest BCUT2D eigenvalue weighted by Gasteiger charge is -2.32. The van der Waals surface area contributed by atoms with Gasteiger partial charge in [-0.25, -0.2) is 0 Å². The number of morpholine rings is 1. The van der Waals surface area contributed by atoms with Gasteiger partial charge in [0.15, 0.2) is 0 Å². The lowest BCUT2D eigenvalue weighted by Crippen LogP contribution is -2.45. The van der Waals surface area contributed by atoms with Crippen LogP contribution < -0.4 is 5.32 Å². The molecule has 0 saturated carbocycles. The van der Waals surface area contributed by atoms with E-state index in [1.54, 1.807) is 0 Å². The molecule has 1 N–H and O–H groups in total. The predicted molar refractivity (Wildman–Crippen MR) is 81.2 cm³/mol. The molecule has 2 aliphatic heterocycles. The topological polar surface area (TPSA) is 37.0 Å². The second-order valence-corrected chi connectivity index (χ2v) is 5.69. The van der Waals surface area contributed by atoms with Crippen LogP contribution in [0, 0.1) is 0 Å². The van der Waals surface area contributed by atoms with Crippen molar-refractivity contribution < 1.29 is 9.47 Å². The minimum Gasteiger partial charge on any atom is -0.382 e. The van der Waals surface area contributed by atoms with Gasteiger partial charge >= 0.3 is 0 Å². The van der Waals surface area contributed by atoms with E-state index in [4.69, 9.17) is 9.47 Å². The molecule has 0 bridgehead atoms. The van der Waals surface area contributed by atoms with Gasteiger partial charge in [-0.3, -0.25) is 4.90 Å². The molecule has 5 nitrogen and oxygen atoms in total. The van der Waals surface area contributed by atoms with Crippen LogP contribution in [-0.2, 0) is 9.47 Å². The Morgan fingerprint density at radius 3 is 2.85 bits per heavy atom. The molecular weight excluding hydrogens is 254 g/mol. The normalized spacial score (nSPS) is 25.4. The van der Waals surface area contributed by atoms with Crippen LogP contribution in [0.4, 0.5) is 0 Å². The minimum absolute atomic E-state index is 0.761. The third-order valence-electron chi connectivity index (χ3n) is 4.26. The molecule has 0 amide bonds. The molecule has 0 radical (unpaired) electrons. The van der Waals surface area contributed by atoms with Crippen molar-refractivity contribution in [2.24, 2.45) is 0 Å². The van der Waals surface area contributed by atoms with Crippen molar-refractivity contribution in [1.29, 1.82) is 0 Å². The molecule has 2 rings (SSSR count). The zero-order valence-corrected chi connectivity index (χ0v) is 13.0. The zero-order chi connectivity index (χ0) is 14.0. The molecule has 0 aromatic carbocycles. The molecule has 5 heteroatoms. The number of nitrogens with one attached hydrogen (secondary N) is 1. The maximum absolute atomic E-state index is 5.43. The standard InChI is InChI=1S/C15H31N3O2/c1-2-19-11-3-5-16-6-8-17-7-4-15(14-17)18-9-12-20-13-10-18/h15-16H,2-14H2,1H3. The molecule has 20 heavy (non-hydrogen) atoms. The number of rotatable bonds is 9. The van der Waals surface area contributed by atoms with Crippen LogP contribution >= 0.6 is 0 Å². The fourth-order valence-corrected chi connectivity index (χ4v) is 3.06. The first-order chi connectivity index (χ1) is 9.90. The molecule has 2 aliphatic rings. The van der Waals surface area contributed by atoms with Crippen LogP contribution in [0.15, 0.2) is 0 Å². The summed E-state index contributed by atoms with van der Waals surface area (Å²) in [4.78, 5) is 5.20. The van der Waals surface area contributed by atoms with E-state index in [0.717, 1.165) is 65.1 Å². The van der Waals surface area contributed by atoms with Crippen LogP contribution in [-0.4, -0.2) is 88.1 Å². The summed E-state index contributed by atoms with van der Waals surface area (Å²) in [6.45, 7) is 13.7. The van der Waals surface area contributed by atoms with E-state index in [0.29, 0.717) is 0 Å². The summed E-state index contributed by atoms with van der Waals surface area (Å²) >= 11 is 0. The number of hydrogen-bond acceptors (Lipinski definition) is 5. The molecule has 0 aliphatic carbocycles. The fourth-order valence-electron chi connectivity index (χ4n) is 3.06. The predicted octanol–water partition coefficient (Wildman–Crippen LogP) is 0.409. The highest BCUT2D eigenvalue weighted by Crippen LogP contribution is 2.16. The van der Waals surface area contributed by atoms with Crippen LogP contribution in [0.25, 0.3) is 0 Å². The first-order valence-corrected chi connectivity index (χ1v) is 8.22. The first kappa shape index (κ1) is 16.2. The van der Waals surface area contributed by atoms with Crippen molar-refractivity contribution in [3.05, 3.63) is 0 Å². The Hall–Kier alpha value is -0.200. The monoisotopic (exact) mass is 285 g/mol. The molecule has 0 aromatic heterocycles. The summed E-state index contributed by atoms with van der Waals surface area (Å²) in [6.07, 6.45) is 2.44. The van der Waals surface area contributed by atoms with Gasteiger partial charge in [-0.05, 0) is 32.9 Å². The minimum atomic E-state index is 0.761. The van der Waals surface area contributed by atoms with Crippen LogP contribution in [0.2, 0.25) is 0 Å².